The van der Waals surface area contributed by atoms with Gasteiger partial charge in [-0.25, -0.2) is 0 Å². The zero-order valence-corrected chi connectivity index (χ0v) is 9.68. The molecule has 0 aliphatic rings. The van der Waals surface area contributed by atoms with Crippen LogP contribution in [0.1, 0.15) is 13.8 Å². The van der Waals surface area contributed by atoms with Crippen molar-refractivity contribution in [1.29, 1.82) is 0 Å². The first-order valence-corrected chi connectivity index (χ1v) is 5.60. The van der Waals surface area contributed by atoms with Crippen LogP contribution in [0.4, 0.5) is 0 Å². The monoisotopic (exact) mass is 219 g/mol. The third-order valence-electron chi connectivity index (χ3n) is 2.51. The zero-order valence-electron chi connectivity index (χ0n) is 9.68. The van der Waals surface area contributed by atoms with Gasteiger partial charge >= 0.3 is 0 Å². The maximum Gasteiger partial charge on any atom is 0.120 e. The van der Waals surface area contributed by atoms with Crippen LogP contribution < -0.4 is 4.74 Å². The van der Waals surface area contributed by atoms with Gasteiger partial charge in [0.15, 0.2) is 0 Å². The third-order valence-corrected chi connectivity index (χ3v) is 2.51. The summed E-state index contributed by atoms with van der Waals surface area (Å²) in [6.07, 6.45) is 1.66. The molecule has 0 spiro atoms. The Labute approximate surface area is 95.3 Å². The lowest BCUT2D eigenvalue weighted by Gasteiger charge is -2.08. The van der Waals surface area contributed by atoms with Crippen molar-refractivity contribution in [3.8, 4) is 5.75 Å². The molecule has 1 unspecified atom stereocenters. The number of aliphatic hydroxyl groups excluding tert-OH is 1. The Kier molecular flexibility index (Phi) is 3.15. The number of hydrogen-bond acceptors (Lipinski definition) is 2. The van der Waals surface area contributed by atoms with E-state index in [4.69, 9.17) is 4.74 Å². The van der Waals surface area contributed by atoms with Crippen molar-refractivity contribution in [3.05, 3.63) is 30.5 Å². The number of benzene rings is 1. The molecule has 1 heterocycles. The van der Waals surface area contributed by atoms with Gasteiger partial charge in [0, 0.05) is 23.6 Å². The molecule has 2 aromatic rings. The van der Waals surface area contributed by atoms with E-state index in [2.05, 4.69) is 4.57 Å². The topological polar surface area (TPSA) is 34.4 Å². The number of aromatic nitrogens is 1. The maximum atomic E-state index is 9.38. The summed E-state index contributed by atoms with van der Waals surface area (Å²) in [5.74, 6) is 0.893. The first-order valence-electron chi connectivity index (χ1n) is 5.60. The van der Waals surface area contributed by atoms with E-state index in [9.17, 15) is 5.11 Å². The van der Waals surface area contributed by atoms with E-state index in [1.165, 1.54) is 0 Å². The molecule has 0 aliphatic carbocycles. The Hall–Kier alpha value is -1.48. The molecule has 86 valence electrons. The van der Waals surface area contributed by atoms with E-state index in [-0.39, 0.29) is 6.10 Å². The van der Waals surface area contributed by atoms with Crippen molar-refractivity contribution in [3.63, 3.8) is 0 Å². The molecule has 1 N–H and O–H groups in total. The largest absolute Gasteiger partial charge is 0.494 e. The van der Waals surface area contributed by atoms with Gasteiger partial charge in [0.2, 0.25) is 0 Å². The Morgan fingerprint density at radius 2 is 2.19 bits per heavy atom. The van der Waals surface area contributed by atoms with Gasteiger partial charge in [-0.15, -0.1) is 0 Å². The summed E-state index contributed by atoms with van der Waals surface area (Å²) >= 11 is 0. The van der Waals surface area contributed by atoms with Crippen LogP contribution in [0.5, 0.6) is 5.75 Å². The van der Waals surface area contributed by atoms with Crippen LogP contribution in [0.25, 0.3) is 10.9 Å². The number of fused-ring (bicyclic) bond motifs is 1. The van der Waals surface area contributed by atoms with Gasteiger partial charge in [-0.2, -0.15) is 0 Å². The number of rotatable bonds is 4. The average Bonchev–Trinajstić information content (AvgIpc) is 2.61. The minimum Gasteiger partial charge on any atom is -0.494 e. The predicted molar refractivity (Wildman–Crippen MR) is 64.8 cm³/mol. The van der Waals surface area contributed by atoms with Crippen molar-refractivity contribution in [1.82, 2.24) is 4.57 Å². The van der Waals surface area contributed by atoms with Gasteiger partial charge in [-0.3, -0.25) is 0 Å². The second kappa shape index (κ2) is 4.58. The van der Waals surface area contributed by atoms with Crippen molar-refractivity contribution >= 4 is 10.9 Å². The first kappa shape index (κ1) is 11.0. The molecule has 0 bridgehead atoms. The minimum atomic E-state index is -0.331. The van der Waals surface area contributed by atoms with Gasteiger partial charge in [-0.05, 0) is 38.1 Å². The van der Waals surface area contributed by atoms with Gasteiger partial charge in [0.05, 0.1) is 12.7 Å². The molecule has 1 aromatic heterocycles. The number of nitrogens with zero attached hydrogens (tertiary/aromatic N) is 1. The average molecular weight is 219 g/mol. The van der Waals surface area contributed by atoms with Crippen molar-refractivity contribution in [2.45, 2.75) is 26.5 Å². The second-order valence-corrected chi connectivity index (χ2v) is 3.97. The van der Waals surface area contributed by atoms with E-state index in [1.54, 1.807) is 6.92 Å². The fourth-order valence-corrected chi connectivity index (χ4v) is 1.88. The molecular formula is C13H17NO2. The highest BCUT2D eigenvalue weighted by Gasteiger charge is 2.04. The van der Waals surface area contributed by atoms with Crippen molar-refractivity contribution in [2.24, 2.45) is 0 Å². The van der Waals surface area contributed by atoms with E-state index >= 15 is 0 Å². The van der Waals surface area contributed by atoms with Crippen molar-refractivity contribution in [2.75, 3.05) is 6.61 Å². The Balaban J connectivity index is 2.34. The summed E-state index contributed by atoms with van der Waals surface area (Å²) in [6, 6.07) is 8.06. The molecule has 0 saturated carbocycles. The maximum absolute atomic E-state index is 9.38. The highest BCUT2D eigenvalue weighted by atomic mass is 16.5. The van der Waals surface area contributed by atoms with E-state index < -0.39 is 0 Å². The van der Waals surface area contributed by atoms with Crippen LogP contribution in [-0.4, -0.2) is 22.4 Å². The predicted octanol–water partition coefficient (Wildman–Crippen LogP) is 2.42. The van der Waals surface area contributed by atoms with Crippen LogP contribution in [0, 0.1) is 0 Å². The molecule has 3 heteroatoms. The molecule has 1 aromatic carbocycles. The van der Waals surface area contributed by atoms with Crippen LogP contribution >= 0.6 is 0 Å². The molecule has 16 heavy (non-hydrogen) atoms. The molecule has 0 aliphatic heterocycles. The number of hydrogen-bond donors (Lipinski definition) is 1. The summed E-state index contributed by atoms with van der Waals surface area (Å²) in [5.41, 5.74) is 1.13. The minimum absolute atomic E-state index is 0.331. The van der Waals surface area contributed by atoms with Crippen molar-refractivity contribution < 1.29 is 9.84 Å². The summed E-state index contributed by atoms with van der Waals surface area (Å²) in [4.78, 5) is 0. The lowest BCUT2D eigenvalue weighted by molar-refractivity contribution is 0.175. The number of ether oxygens (including phenoxy) is 1. The van der Waals surface area contributed by atoms with E-state index in [0.717, 1.165) is 16.7 Å². The van der Waals surface area contributed by atoms with Gasteiger partial charge in [0.1, 0.15) is 5.75 Å². The summed E-state index contributed by atoms with van der Waals surface area (Å²) in [6.45, 7) is 5.07. The van der Waals surface area contributed by atoms with Crippen LogP contribution in [0.3, 0.4) is 0 Å². The molecule has 0 saturated heterocycles. The molecular weight excluding hydrogens is 202 g/mol. The Bertz CT molecular complexity index is 474. The highest BCUT2D eigenvalue weighted by molar-refractivity contribution is 5.81. The second-order valence-electron chi connectivity index (χ2n) is 3.97. The Morgan fingerprint density at radius 1 is 1.38 bits per heavy atom. The van der Waals surface area contributed by atoms with Gasteiger partial charge < -0.3 is 14.4 Å². The van der Waals surface area contributed by atoms with Crippen LogP contribution in [0.2, 0.25) is 0 Å². The normalized spacial score (nSPS) is 12.9. The highest BCUT2D eigenvalue weighted by Crippen LogP contribution is 2.22. The molecule has 1 atom stereocenters. The van der Waals surface area contributed by atoms with E-state index in [1.807, 2.05) is 37.4 Å². The first-order chi connectivity index (χ1) is 7.70. The molecule has 0 fully saturated rings. The standard InChI is InChI=1S/C13H17NO2/c1-3-16-12-4-5-13-11(8-12)6-7-14(13)9-10(2)15/h4-8,10,15H,3,9H2,1-2H3. The van der Waals surface area contributed by atoms with E-state index in [0.29, 0.717) is 13.2 Å². The molecule has 3 nitrogen and oxygen atoms in total. The molecule has 0 radical (unpaired) electrons. The SMILES string of the molecule is CCOc1ccc2c(ccn2CC(C)O)c1. The quantitative estimate of drug-likeness (QED) is 0.857. The van der Waals surface area contributed by atoms with Crippen LogP contribution in [0.15, 0.2) is 30.5 Å². The summed E-state index contributed by atoms with van der Waals surface area (Å²) in [7, 11) is 0. The molecule has 2 rings (SSSR count). The van der Waals surface area contributed by atoms with Crippen LogP contribution in [-0.2, 0) is 6.54 Å². The third kappa shape index (κ3) is 2.19. The number of aliphatic hydroxyl groups is 1. The Morgan fingerprint density at radius 3 is 2.88 bits per heavy atom. The smallest absolute Gasteiger partial charge is 0.120 e. The molecule has 0 amide bonds. The van der Waals surface area contributed by atoms with Gasteiger partial charge in [0.25, 0.3) is 0 Å². The summed E-state index contributed by atoms with van der Waals surface area (Å²) in [5, 5.41) is 10.5. The lowest BCUT2D eigenvalue weighted by atomic mass is 10.2. The summed E-state index contributed by atoms with van der Waals surface area (Å²) < 4.78 is 7.50. The fourth-order valence-electron chi connectivity index (χ4n) is 1.88. The fraction of sp³-hybridized carbons (Fsp3) is 0.385. The van der Waals surface area contributed by atoms with Gasteiger partial charge in [-0.1, -0.05) is 0 Å². The lowest BCUT2D eigenvalue weighted by Crippen LogP contribution is -2.10. The zero-order chi connectivity index (χ0) is 11.5.